The van der Waals surface area contributed by atoms with Crippen molar-refractivity contribution in [3.05, 3.63) is 41.9 Å². The number of nitrogens with zero attached hydrogens (tertiary/aromatic N) is 4. The van der Waals surface area contributed by atoms with E-state index in [4.69, 9.17) is 5.26 Å². The third-order valence-electron chi connectivity index (χ3n) is 4.01. The SMILES string of the molecule is CC(C)n1cnc(S(=O)(=O)N2CCCc3cc(C#N)ccc32)c1. The Labute approximate surface area is 136 Å². The summed E-state index contributed by atoms with van der Waals surface area (Å²) < 4.78 is 29.0. The van der Waals surface area contributed by atoms with Crippen LogP contribution in [-0.2, 0) is 16.4 Å². The van der Waals surface area contributed by atoms with Crippen LogP contribution in [0.15, 0.2) is 35.7 Å². The monoisotopic (exact) mass is 330 g/mol. The highest BCUT2D eigenvalue weighted by Gasteiger charge is 2.31. The number of anilines is 1. The number of imidazole rings is 1. The third kappa shape index (κ3) is 2.70. The van der Waals surface area contributed by atoms with Crippen molar-refractivity contribution in [1.29, 1.82) is 5.26 Å². The van der Waals surface area contributed by atoms with Crippen LogP contribution in [0.5, 0.6) is 0 Å². The van der Waals surface area contributed by atoms with Gasteiger partial charge in [0.2, 0.25) is 0 Å². The molecule has 0 bridgehead atoms. The van der Waals surface area contributed by atoms with E-state index in [1.54, 1.807) is 35.3 Å². The van der Waals surface area contributed by atoms with Crippen LogP contribution in [0.2, 0.25) is 0 Å². The van der Waals surface area contributed by atoms with Gasteiger partial charge in [-0.1, -0.05) is 0 Å². The fraction of sp³-hybridized carbons (Fsp3) is 0.375. The summed E-state index contributed by atoms with van der Waals surface area (Å²) in [4.78, 5) is 4.07. The summed E-state index contributed by atoms with van der Waals surface area (Å²) in [5, 5.41) is 9.06. The van der Waals surface area contributed by atoms with Crippen LogP contribution in [0.3, 0.4) is 0 Å². The molecule has 0 saturated heterocycles. The number of nitriles is 1. The highest BCUT2D eigenvalue weighted by molar-refractivity contribution is 7.92. The molecule has 1 aromatic heterocycles. The van der Waals surface area contributed by atoms with Gasteiger partial charge in [-0.25, -0.2) is 4.98 Å². The first-order valence-electron chi connectivity index (χ1n) is 7.52. The molecule has 23 heavy (non-hydrogen) atoms. The van der Waals surface area contributed by atoms with Gasteiger partial charge in [0.05, 0.1) is 23.6 Å². The van der Waals surface area contributed by atoms with Gasteiger partial charge in [0.1, 0.15) is 0 Å². The zero-order valence-corrected chi connectivity index (χ0v) is 13.9. The molecule has 2 aromatic rings. The van der Waals surface area contributed by atoms with Gasteiger partial charge in [-0.3, -0.25) is 4.31 Å². The zero-order chi connectivity index (χ0) is 16.6. The Balaban J connectivity index is 2.03. The highest BCUT2D eigenvalue weighted by atomic mass is 32.2. The van der Waals surface area contributed by atoms with E-state index in [9.17, 15) is 8.42 Å². The van der Waals surface area contributed by atoms with Crippen molar-refractivity contribution < 1.29 is 8.42 Å². The third-order valence-corrected chi connectivity index (χ3v) is 5.71. The van der Waals surface area contributed by atoms with Crippen molar-refractivity contribution in [1.82, 2.24) is 9.55 Å². The number of hydrogen-bond acceptors (Lipinski definition) is 4. The molecule has 0 spiro atoms. The summed E-state index contributed by atoms with van der Waals surface area (Å²) in [6.45, 7) is 4.37. The maximum absolute atomic E-state index is 12.9. The average Bonchev–Trinajstić information content (AvgIpc) is 3.04. The van der Waals surface area contributed by atoms with Gasteiger partial charge in [-0.05, 0) is 50.5 Å². The van der Waals surface area contributed by atoms with E-state index in [0.29, 0.717) is 17.8 Å². The number of aryl methyl sites for hydroxylation is 1. The second kappa shape index (κ2) is 5.70. The van der Waals surface area contributed by atoms with Crippen LogP contribution in [0.1, 0.15) is 37.4 Å². The Morgan fingerprint density at radius 1 is 1.35 bits per heavy atom. The molecule has 0 saturated carbocycles. The molecule has 0 amide bonds. The van der Waals surface area contributed by atoms with E-state index in [2.05, 4.69) is 11.1 Å². The standard InChI is InChI=1S/C16H18N4O2S/c1-12(2)19-10-16(18-11-19)23(21,22)20-7-3-4-14-8-13(9-17)5-6-15(14)20/h5-6,8,10-12H,3-4,7H2,1-2H3. The number of sulfonamides is 1. The molecule has 1 aliphatic rings. The predicted octanol–water partition coefficient (Wildman–Crippen LogP) is 2.48. The predicted molar refractivity (Wildman–Crippen MR) is 86.6 cm³/mol. The number of benzene rings is 1. The minimum Gasteiger partial charge on any atom is -0.334 e. The van der Waals surface area contributed by atoms with Crippen LogP contribution in [-0.4, -0.2) is 24.5 Å². The molecule has 3 rings (SSSR count). The molecule has 2 heterocycles. The first kappa shape index (κ1) is 15.6. The quantitative estimate of drug-likeness (QED) is 0.866. The maximum atomic E-state index is 12.9. The van der Waals surface area contributed by atoms with Crippen LogP contribution in [0.25, 0.3) is 0 Å². The van der Waals surface area contributed by atoms with E-state index in [0.717, 1.165) is 18.4 Å². The van der Waals surface area contributed by atoms with Gasteiger partial charge in [-0.15, -0.1) is 0 Å². The van der Waals surface area contributed by atoms with Crippen LogP contribution >= 0.6 is 0 Å². The molecular weight excluding hydrogens is 312 g/mol. The molecule has 0 N–H and O–H groups in total. The fourth-order valence-corrected chi connectivity index (χ4v) is 4.20. The molecule has 0 fully saturated rings. The summed E-state index contributed by atoms with van der Waals surface area (Å²) in [5.74, 6) is 0. The Morgan fingerprint density at radius 3 is 2.78 bits per heavy atom. The topological polar surface area (TPSA) is 79.0 Å². The summed E-state index contributed by atoms with van der Waals surface area (Å²) in [7, 11) is -3.69. The molecule has 0 radical (unpaired) electrons. The zero-order valence-electron chi connectivity index (χ0n) is 13.1. The van der Waals surface area contributed by atoms with Crippen LogP contribution in [0.4, 0.5) is 5.69 Å². The number of fused-ring (bicyclic) bond motifs is 1. The number of hydrogen-bond donors (Lipinski definition) is 0. The van der Waals surface area contributed by atoms with Gasteiger partial charge in [0.15, 0.2) is 5.03 Å². The minimum atomic E-state index is -3.69. The van der Waals surface area contributed by atoms with Gasteiger partial charge in [0, 0.05) is 18.8 Å². The van der Waals surface area contributed by atoms with E-state index in [-0.39, 0.29) is 11.1 Å². The van der Waals surface area contributed by atoms with Gasteiger partial charge >= 0.3 is 0 Å². The lowest BCUT2D eigenvalue weighted by atomic mass is 10.0. The van der Waals surface area contributed by atoms with Crippen molar-refractivity contribution in [3.8, 4) is 6.07 Å². The van der Waals surface area contributed by atoms with Crippen molar-refractivity contribution >= 4 is 15.7 Å². The van der Waals surface area contributed by atoms with Crippen molar-refractivity contribution in [3.63, 3.8) is 0 Å². The molecular formula is C16H18N4O2S. The first-order valence-corrected chi connectivity index (χ1v) is 8.96. The van der Waals surface area contributed by atoms with Gasteiger partial charge < -0.3 is 4.57 Å². The van der Waals surface area contributed by atoms with Gasteiger partial charge in [0.25, 0.3) is 10.0 Å². The Hall–Kier alpha value is -2.33. The first-order chi connectivity index (χ1) is 10.9. The minimum absolute atomic E-state index is 0.0587. The molecule has 0 unspecified atom stereocenters. The molecule has 120 valence electrons. The largest absolute Gasteiger partial charge is 0.334 e. The lowest BCUT2D eigenvalue weighted by molar-refractivity contribution is 0.581. The lowest BCUT2D eigenvalue weighted by Crippen LogP contribution is -2.35. The van der Waals surface area contributed by atoms with Crippen molar-refractivity contribution in [2.24, 2.45) is 0 Å². The molecule has 7 heteroatoms. The summed E-state index contributed by atoms with van der Waals surface area (Å²) >= 11 is 0. The molecule has 0 aliphatic carbocycles. The van der Waals surface area contributed by atoms with Gasteiger partial charge in [-0.2, -0.15) is 13.7 Å². The van der Waals surface area contributed by atoms with Crippen molar-refractivity contribution in [2.45, 2.75) is 37.8 Å². The highest BCUT2D eigenvalue weighted by Crippen LogP contribution is 2.32. The van der Waals surface area contributed by atoms with E-state index < -0.39 is 10.0 Å². The summed E-state index contributed by atoms with van der Waals surface area (Å²) in [5.41, 5.74) is 2.09. The lowest BCUT2D eigenvalue weighted by Gasteiger charge is -2.29. The molecule has 0 atom stereocenters. The second-order valence-corrected chi connectivity index (χ2v) is 7.70. The Kier molecular flexibility index (Phi) is 3.86. The second-order valence-electron chi connectivity index (χ2n) is 5.89. The van der Waals surface area contributed by atoms with E-state index in [1.165, 1.54) is 4.31 Å². The summed E-state index contributed by atoms with van der Waals surface area (Å²) in [6.07, 6.45) is 4.61. The average molecular weight is 330 g/mol. The Morgan fingerprint density at radius 2 is 2.13 bits per heavy atom. The van der Waals surface area contributed by atoms with Crippen LogP contribution < -0.4 is 4.31 Å². The smallest absolute Gasteiger partial charge is 0.283 e. The van der Waals surface area contributed by atoms with Crippen LogP contribution in [0, 0.1) is 11.3 Å². The fourth-order valence-electron chi connectivity index (χ4n) is 2.73. The molecule has 6 nitrogen and oxygen atoms in total. The van der Waals surface area contributed by atoms with E-state index >= 15 is 0 Å². The summed E-state index contributed by atoms with van der Waals surface area (Å²) in [6, 6.07) is 7.38. The number of aromatic nitrogens is 2. The normalized spacial score (nSPS) is 14.6. The molecule has 1 aromatic carbocycles. The van der Waals surface area contributed by atoms with Crippen molar-refractivity contribution in [2.75, 3.05) is 10.8 Å². The van der Waals surface area contributed by atoms with E-state index in [1.807, 2.05) is 13.8 Å². The molecule has 1 aliphatic heterocycles. The number of rotatable bonds is 3. The Bertz CT molecular complexity index is 878. The maximum Gasteiger partial charge on any atom is 0.283 e.